The third-order valence-electron chi connectivity index (χ3n) is 2.70. The van der Waals surface area contributed by atoms with Crippen LogP contribution in [0.2, 0.25) is 5.02 Å². The normalized spacial score (nSPS) is 10.2. The third-order valence-corrected chi connectivity index (χ3v) is 2.99. The van der Waals surface area contributed by atoms with Gasteiger partial charge in [-0.25, -0.2) is 0 Å². The highest BCUT2D eigenvalue weighted by atomic mass is 35.5. The first-order valence-electron chi connectivity index (χ1n) is 5.81. The average Bonchev–Trinajstić information content (AvgIpc) is 2.45. The Morgan fingerprint density at radius 3 is 2.62 bits per heavy atom. The first-order valence-corrected chi connectivity index (χ1v) is 6.19. The molecule has 7 heteroatoms. The summed E-state index contributed by atoms with van der Waals surface area (Å²) >= 11 is 5.93. The maximum absolute atomic E-state index is 13.4. The Balaban J connectivity index is 2.11. The molecule has 21 heavy (non-hydrogen) atoms. The number of aldehydes is 1. The van der Waals surface area contributed by atoms with Crippen LogP contribution in [-0.2, 0) is 6.61 Å². The maximum Gasteiger partial charge on any atom is 0.304 e. The fraction of sp³-hybridized carbons (Fsp3) is 0.0714. The fourth-order valence-corrected chi connectivity index (χ4v) is 1.90. The minimum absolute atomic E-state index is 0.00489. The van der Waals surface area contributed by atoms with Gasteiger partial charge in [-0.2, -0.15) is 4.39 Å². The number of nitro groups is 1. The minimum atomic E-state index is -0.927. The molecule has 0 saturated carbocycles. The summed E-state index contributed by atoms with van der Waals surface area (Å²) in [7, 11) is 0. The number of rotatable bonds is 5. The summed E-state index contributed by atoms with van der Waals surface area (Å²) in [6.45, 7) is -0.00489. The Hall–Kier alpha value is -2.47. The van der Waals surface area contributed by atoms with Gasteiger partial charge in [-0.1, -0.05) is 11.6 Å². The average molecular weight is 310 g/mol. The summed E-state index contributed by atoms with van der Waals surface area (Å²) in [4.78, 5) is 20.3. The second-order valence-corrected chi connectivity index (χ2v) is 4.55. The Morgan fingerprint density at radius 1 is 1.29 bits per heavy atom. The first-order chi connectivity index (χ1) is 10.0. The third kappa shape index (κ3) is 3.55. The molecule has 0 bridgehead atoms. The van der Waals surface area contributed by atoms with E-state index in [1.54, 1.807) is 0 Å². The number of hydrogen-bond donors (Lipinski definition) is 0. The molecule has 0 atom stereocenters. The van der Waals surface area contributed by atoms with Gasteiger partial charge in [-0.3, -0.25) is 14.9 Å². The minimum Gasteiger partial charge on any atom is -0.487 e. The molecule has 0 N–H and O–H groups in total. The van der Waals surface area contributed by atoms with Crippen LogP contribution in [-0.4, -0.2) is 11.2 Å². The van der Waals surface area contributed by atoms with E-state index in [4.69, 9.17) is 16.3 Å². The monoisotopic (exact) mass is 309 g/mol. The molecule has 2 rings (SSSR count). The largest absolute Gasteiger partial charge is 0.487 e. The molecule has 0 aliphatic heterocycles. The zero-order valence-electron chi connectivity index (χ0n) is 10.6. The Kier molecular flexibility index (Phi) is 4.49. The quantitative estimate of drug-likeness (QED) is 0.479. The van der Waals surface area contributed by atoms with Crippen LogP contribution in [0.4, 0.5) is 10.1 Å². The Labute approximate surface area is 124 Å². The van der Waals surface area contributed by atoms with Gasteiger partial charge in [-0.15, -0.1) is 0 Å². The molecule has 0 unspecified atom stereocenters. The fourth-order valence-electron chi connectivity index (χ4n) is 1.66. The van der Waals surface area contributed by atoms with Gasteiger partial charge in [0.25, 0.3) is 0 Å². The van der Waals surface area contributed by atoms with Crippen molar-refractivity contribution in [2.75, 3.05) is 0 Å². The van der Waals surface area contributed by atoms with Gasteiger partial charge in [0.2, 0.25) is 5.82 Å². The Morgan fingerprint density at radius 2 is 2.05 bits per heavy atom. The SMILES string of the molecule is O=Cc1ccc(OCc2ccc([N+](=O)[O-])c(F)c2)c(Cl)c1. The van der Waals surface area contributed by atoms with Gasteiger partial charge in [0.15, 0.2) is 0 Å². The van der Waals surface area contributed by atoms with E-state index < -0.39 is 16.4 Å². The van der Waals surface area contributed by atoms with E-state index in [9.17, 15) is 19.3 Å². The van der Waals surface area contributed by atoms with Gasteiger partial charge in [0, 0.05) is 11.6 Å². The number of benzene rings is 2. The number of hydrogen-bond acceptors (Lipinski definition) is 4. The van der Waals surface area contributed by atoms with E-state index in [1.165, 1.54) is 24.3 Å². The van der Waals surface area contributed by atoms with Crippen molar-refractivity contribution in [1.82, 2.24) is 0 Å². The maximum atomic E-state index is 13.4. The van der Waals surface area contributed by atoms with E-state index in [-0.39, 0.29) is 11.6 Å². The van der Waals surface area contributed by atoms with Crippen molar-refractivity contribution in [3.63, 3.8) is 0 Å². The first kappa shape index (κ1) is 14.9. The molecule has 0 amide bonds. The number of ether oxygens (including phenoxy) is 1. The number of nitrogens with zero attached hydrogens (tertiary/aromatic N) is 1. The molecule has 0 radical (unpaired) electrons. The van der Waals surface area contributed by atoms with Crippen LogP contribution in [0.3, 0.4) is 0 Å². The molecule has 0 aromatic heterocycles. The number of carbonyl (C=O) groups is 1. The molecule has 0 aliphatic rings. The predicted molar refractivity (Wildman–Crippen MR) is 74.2 cm³/mol. The summed E-state index contributed by atoms with van der Waals surface area (Å²) in [5.41, 5.74) is 0.245. The van der Waals surface area contributed by atoms with Crippen LogP contribution >= 0.6 is 11.6 Å². The molecule has 0 heterocycles. The zero-order valence-corrected chi connectivity index (χ0v) is 11.3. The summed E-state index contributed by atoms with van der Waals surface area (Å²) in [6.07, 6.45) is 0.654. The van der Waals surface area contributed by atoms with Crippen molar-refractivity contribution in [2.45, 2.75) is 6.61 Å². The van der Waals surface area contributed by atoms with E-state index in [2.05, 4.69) is 0 Å². The van der Waals surface area contributed by atoms with Crippen LogP contribution in [0.5, 0.6) is 5.75 Å². The second-order valence-electron chi connectivity index (χ2n) is 4.14. The van der Waals surface area contributed by atoms with Crippen molar-refractivity contribution >= 4 is 23.6 Å². The van der Waals surface area contributed by atoms with Crippen LogP contribution in [0.25, 0.3) is 0 Å². The highest BCUT2D eigenvalue weighted by molar-refractivity contribution is 6.32. The smallest absolute Gasteiger partial charge is 0.304 e. The van der Waals surface area contributed by atoms with Gasteiger partial charge in [-0.05, 0) is 35.9 Å². The van der Waals surface area contributed by atoms with Crippen molar-refractivity contribution in [3.05, 3.63) is 68.5 Å². The van der Waals surface area contributed by atoms with Crippen molar-refractivity contribution in [3.8, 4) is 5.75 Å². The summed E-state index contributed by atoms with van der Waals surface area (Å²) in [5, 5.41) is 10.8. The lowest BCUT2D eigenvalue weighted by Crippen LogP contribution is -1.99. The van der Waals surface area contributed by atoms with Crippen LogP contribution in [0.15, 0.2) is 36.4 Å². The zero-order chi connectivity index (χ0) is 15.4. The topological polar surface area (TPSA) is 69.4 Å². The second kappa shape index (κ2) is 6.32. The van der Waals surface area contributed by atoms with E-state index in [0.29, 0.717) is 23.2 Å². The number of nitro benzene ring substituents is 1. The predicted octanol–water partition coefficient (Wildman–Crippen LogP) is 3.78. The summed E-state index contributed by atoms with van der Waals surface area (Å²) in [5.74, 6) is -0.593. The highest BCUT2D eigenvalue weighted by Gasteiger charge is 2.14. The lowest BCUT2D eigenvalue weighted by atomic mass is 10.2. The molecule has 2 aromatic carbocycles. The molecule has 0 aliphatic carbocycles. The van der Waals surface area contributed by atoms with Crippen LogP contribution in [0.1, 0.15) is 15.9 Å². The highest BCUT2D eigenvalue weighted by Crippen LogP contribution is 2.26. The molecule has 2 aromatic rings. The summed E-state index contributed by atoms with van der Waals surface area (Å²) in [6, 6.07) is 8.00. The lowest BCUT2D eigenvalue weighted by Gasteiger charge is -2.08. The molecule has 0 saturated heterocycles. The van der Waals surface area contributed by atoms with Gasteiger partial charge >= 0.3 is 5.69 Å². The van der Waals surface area contributed by atoms with E-state index >= 15 is 0 Å². The van der Waals surface area contributed by atoms with Crippen molar-refractivity contribution < 1.29 is 18.8 Å². The van der Waals surface area contributed by atoms with Crippen molar-refractivity contribution in [1.29, 1.82) is 0 Å². The van der Waals surface area contributed by atoms with Crippen LogP contribution < -0.4 is 4.74 Å². The molecule has 0 fully saturated rings. The molecule has 108 valence electrons. The molecule has 5 nitrogen and oxygen atoms in total. The van der Waals surface area contributed by atoms with E-state index in [0.717, 1.165) is 12.1 Å². The standard InChI is InChI=1S/C14H9ClFNO4/c15-11-5-9(7-18)2-4-14(11)21-8-10-1-3-13(17(19)20)12(16)6-10/h1-7H,8H2. The Bertz CT molecular complexity index is 705. The molecular formula is C14H9ClFNO4. The number of halogens is 2. The lowest BCUT2D eigenvalue weighted by molar-refractivity contribution is -0.387. The molecule has 0 spiro atoms. The van der Waals surface area contributed by atoms with E-state index in [1.807, 2.05) is 0 Å². The van der Waals surface area contributed by atoms with Crippen LogP contribution in [0, 0.1) is 15.9 Å². The van der Waals surface area contributed by atoms with Gasteiger partial charge in [0.1, 0.15) is 18.6 Å². The van der Waals surface area contributed by atoms with Gasteiger partial charge < -0.3 is 4.74 Å². The number of carbonyl (C=O) groups excluding carboxylic acids is 1. The summed E-state index contributed by atoms with van der Waals surface area (Å²) < 4.78 is 18.8. The van der Waals surface area contributed by atoms with Crippen molar-refractivity contribution in [2.24, 2.45) is 0 Å². The van der Waals surface area contributed by atoms with Gasteiger partial charge in [0.05, 0.1) is 9.95 Å². The molecular weight excluding hydrogens is 301 g/mol.